The van der Waals surface area contributed by atoms with Crippen LogP contribution in [0.1, 0.15) is 22.3 Å². The third-order valence-electron chi connectivity index (χ3n) is 4.87. The van der Waals surface area contributed by atoms with E-state index in [2.05, 4.69) is 11.1 Å². The van der Waals surface area contributed by atoms with Crippen LogP contribution in [0.3, 0.4) is 0 Å². The van der Waals surface area contributed by atoms with Crippen LogP contribution in [0.5, 0.6) is 11.8 Å². The Labute approximate surface area is 182 Å². The average molecular weight is 406 g/mol. The van der Waals surface area contributed by atoms with Gasteiger partial charge in [-0.3, -0.25) is 0 Å². The van der Waals surface area contributed by atoms with Crippen LogP contribution in [-0.2, 0) is 13.2 Å². The van der Waals surface area contributed by atoms with Crippen molar-refractivity contribution in [1.29, 1.82) is 5.26 Å². The van der Waals surface area contributed by atoms with E-state index in [9.17, 15) is 5.26 Å². The second-order valence-electron chi connectivity index (χ2n) is 7.21. The Morgan fingerprint density at radius 1 is 0.742 bits per heavy atom. The Morgan fingerprint density at radius 3 is 2.00 bits per heavy atom. The molecule has 0 aliphatic carbocycles. The van der Waals surface area contributed by atoms with Crippen molar-refractivity contribution in [2.24, 2.45) is 0 Å². The van der Waals surface area contributed by atoms with Gasteiger partial charge in [-0.1, -0.05) is 72.8 Å². The maximum Gasteiger partial charge on any atom is 0.225 e. The first-order valence-corrected chi connectivity index (χ1v) is 10.1. The van der Waals surface area contributed by atoms with Crippen LogP contribution in [0.2, 0.25) is 0 Å². The zero-order valence-electron chi connectivity index (χ0n) is 17.3. The summed E-state index contributed by atoms with van der Waals surface area (Å²) in [5, 5.41) is 9.63. The lowest BCUT2D eigenvalue weighted by molar-refractivity contribution is 0.268. The SMILES string of the molecule is Cc1ccc(-c2ccc(OCc3ccccc3)nc2OCc2ccccc2)c(C#N)c1. The van der Waals surface area contributed by atoms with Gasteiger partial charge in [0.25, 0.3) is 0 Å². The molecule has 0 N–H and O–H groups in total. The average Bonchev–Trinajstić information content (AvgIpc) is 2.83. The summed E-state index contributed by atoms with van der Waals surface area (Å²) < 4.78 is 12.0. The van der Waals surface area contributed by atoms with E-state index in [0.29, 0.717) is 30.5 Å². The van der Waals surface area contributed by atoms with Crippen LogP contribution in [0.4, 0.5) is 0 Å². The van der Waals surface area contributed by atoms with Crippen molar-refractivity contribution in [2.45, 2.75) is 20.1 Å². The Morgan fingerprint density at radius 2 is 1.35 bits per heavy atom. The first kappa shape index (κ1) is 20.2. The zero-order chi connectivity index (χ0) is 21.5. The van der Waals surface area contributed by atoms with Gasteiger partial charge in [0.1, 0.15) is 13.2 Å². The topological polar surface area (TPSA) is 55.1 Å². The van der Waals surface area contributed by atoms with E-state index < -0.39 is 0 Å². The number of nitrogens with zero attached hydrogens (tertiary/aromatic N) is 2. The Kier molecular flexibility index (Phi) is 6.25. The number of rotatable bonds is 7. The molecule has 31 heavy (non-hydrogen) atoms. The van der Waals surface area contributed by atoms with Gasteiger partial charge in [0, 0.05) is 17.2 Å². The smallest absolute Gasteiger partial charge is 0.225 e. The molecule has 0 bridgehead atoms. The van der Waals surface area contributed by atoms with Gasteiger partial charge < -0.3 is 9.47 Å². The number of pyridine rings is 1. The standard InChI is InChI=1S/C27H22N2O2/c1-20-12-13-24(23(16-20)17-28)25-14-15-26(30-18-21-8-4-2-5-9-21)29-27(25)31-19-22-10-6-3-7-11-22/h2-16H,18-19H2,1H3. The molecular weight excluding hydrogens is 384 g/mol. The van der Waals surface area contributed by atoms with E-state index in [1.54, 1.807) is 0 Å². The molecule has 0 saturated heterocycles. The largest absolute Gasteiger partial charge is 0.473 e. The molecule has 152 valence electrons. The number of aryl methyl sites for hydroxylation is 1. The van der Waals surface area contributed by atoms with Gasteiger partial charge >= 0.3 is 0 Å². The minimum Gasteiger partial charge on any atom is -0.473 e. The molecule has 0 fully saturated rings. The maximum absolute atomic E-state index is 9.63. The predicted octanol–water partition coefficient (Wildman–Crippen LogP) is 6.09. The summed E-state index contributed by atoms with van der Waals surface area (Å²) in [5.74, 6) is 0.913. The Hall–Kier alpha value is -4.10. The maximum atomic E-state index is 9.63. The molecule has 0 radical (unpaired) electrons. The van der Waals surface area contributed by atoms with E-state index in [0.717, 1.165) is 27.8 Å². The molecule has 0 amide bonds. The molecule has 4 rings (SSSR count). The fourth-order valence-electron chi connectivity index (χ4n) is 3.26. The zero-order valence-corrected chi connectivity index (χ0v) is 17.3. The van der Waals surface area contributed by atoms with Crippen molar-refractivity contribution in [3.8, 4) is 29.0 Å². The van der Waals surface area contributed by atoms with Gasteiger partial charge in [-0.25, -0.2) is 0 Å². The highest BCUT2D eigenvalue weighted by Gasteiger charge is 2.15. The van der Waals surface area contributed by atoms with Crippen LogP contribution in [0.25, 0.3) is 11.1 Å². The summed E-state index contributed by atoms with van der Waals surface area (Å²) in [6.45, 7) is 2.76. The number of hydrogen-bond donors (Lipinski definition) is 0. The summed E-state index contributed by atoms with van der Waals surface area (Å²) in [5.41, 5.74) is 5.27. The number of nitriles is 1. The molecule has 4 heteroatoms. The highest BCUT2D eigenvalue weighted by Crippen LogP contribution is 2.33. The van der Waals surface area contributed by atoms with Gasteiger partial charge in [-0.2, -0.15) is 10.2 Å². The summed E-state index contributed by atoms with van der Waals surface area (Å²) in [4.78, 5) is 4.62. The second-order valence-corrected chi connectivity index (χ2v) is 7.21. The van der Waals surface area contributed by atoms with Crippen LogP contribution in [-0.4, -0.2) is 4.98 Å². The second kappa shape index (κ2) is 9.60. The highest BCUT2D eigenvalue weighted by molar-refractivity contribution is 5.75. The molecule has 4 aromatic rings. The van der Waals surface area contributed by atoms with Crippen LogP contribution >= 0.6 is 0 Å². The summed E-state index contributed by atoms with van der Waals surface area (Å²) in [6.07, 6.45) is 0. The van der Waals surface area contributed by atoms with E-state index in [4.69, 9.17) is 9.47 Å². The molecule has 4 nitrogen and oxygen atoms in total. The van der Waals surface area contributed by atoms with E-state index >= 15 is 0 Å². The molecule has 0 aliphatic heterocycles. The van der Waals surface area contributed by atoms with Gasteiger partial charge in [-0.15, -0.1) is 0 Å². The third-order valence-corrected chi connectivity index (χ3v) is 4.87. The molecule has 1 heterocycles. The Bertz CT molecular complexity index is 1200. The minimum atomic E-state index is 0.372. The number of aromatic nitrogens is 1. The quantitative estimate of drug-likeness (QED) is 0.373. The van der Waals surface area contributed by atoms with Gasteiger partial charge in [-0.05, 0) is 35.7 Å². The molecule has 1 aromatic heterocycles. The fraction of sp³-hybridized carbons (Fsp3) is 0.111. The molecule has 0 unspecified atom stereocenters. The summed E-state index contributed by atoms with van der Waals surface area (Å²) >= 11 is 0. The summed E-state index contributed by atoms with van der Waals surface area (Å²) in [7, 11) is 0. The van der Waals surface area contributed by atoms with Crippen LogP contribution < -0.4 is 9.47 Å². The molecule has 0 aliphatic rings. The predicted molar refractivity (Wildman–Crippen MR) is 121 cm³/mol. The lowest BCUT2D eigenvalue weighted by atomic mass is 9.99. The van der Waals surface area contributed by atoms with Gasteiger partial charge in [0.05, 0.1) is 11.6 Å². The number of benzene rings is 3. The van der Waals surface area contributed by atoms with E-state index in [1.165, 1.54) is 0 Å². The van der Waals surface area contributed by atoms with Crippen molar-refractivity contribution < 1.29 is 9.47 Å². The van der Waals surface area contributed by atoms with Crippen molar-refractivity contribution in [3.05, 3.63) is 113 Å². The van der Waals surface area contributed by atoms with Crippen molar-refractivity contribution >= 4 is 0 Å². The molecular formula is C27H22N2O2. The first-order chi connectivity index (χ1) is 15.2. The van der Waals surface area contributed by atoms with Crippen molar-refractivity contribution in [2.75, 3.05) is 0 Å². The van der Waals surface area contributed by atoms with Crippen molar-refractivity contribution in [3.63, 3.8) is 0 Å². The number of hydrogen-bond acceptors (Lipinski definition) is 4. The first-order valence-electron chi connectivity index (χ1n) is 10.1. The molecule has 3 aromatic carbocycles. The van der Waals surface area contributed by atoms with Crippen LogP contribution in [0.15, 0.2) is 91.0 Å². The molecule has 0 saturated carbocycles. The van der Waals surface area contributed by atoms with E-state index in [1.807, 2.05) is 97.9 Å². The molecule has 0 spiro atoms. The number of ether oxygens (including phenoxy) is 2. The molecule has 0 atom stereocenters. The van der Waals surface area contributed by atoms with Crippen LogP contribution in [0, 0.1) is 18.3 Å². The monoisotopic (exact) mass is 406 g/mol. The highest BCUT2D eigenvalue weighted by atomic mass is 16.5. The van der Waals surface area contributed by atoms with E-state index in [-0.39, 0.29) is 0 Å². The third kappa shape index (κ3) is 5.09. The minimum absolute atomic E-state index is 0.372. The Balaban J connectivity index is 1.65. The van der Waals surface area contributed by atoms with Gasteiger partial charge in [0.15, 0.2) is 0 Å². The lowest BCUT2D eigenvalue weighted by Gasteiger charge is -2.14. The fourth-order valence-corrected chi connectivity index (χ4v) is 3.26. The normalized spacial score (nSPS) is 10.3. The lowest BCUT2D eigenvalue weighted by Crippen LogP contribution is -2.03. The summed E-state index contributed by atoms with van der Waals surface area (Å²) in [6, 6.07) is 31.6. The van der Waals surface area contributed by atoms with Crippen molar-refractivity contribution in [1.82, 2.24) is 4.98 Å². The van der Waals surface area contributed by atoms with Gasteiger partial charge in [0.2, 0.25) is 11.8 Å².